The molecule has 20 heavy (non-hydrogen) atoms. The first-order valence-electron chi connectivity index (χ1n) is 6.52. The van der Waals surface area contributed by atoms with E-state index in [9.17, 15) is 4.79 Å². The molecule has 0 spiro atoms. The molecule has 2 aromatic carbocycles. The molecule has 0 saturated carbocycles. The van der Waals surface area contributed by atoms with Gasteiger partial charge in [-0.2, -0.15) is 0 Å². The molecule has 1 heterocycles. The molecular formula is C16H14N2OS. The van der Waals surface area contributed by atoms with E-state index >= 15 is 0 Å². The molecule has 0 radical (unpaired) electrons. The fourth-order valence-electron chi connectivity index (χ4n) is 2.02. The minimum atomic E-state index is 0.0308. The van der Waals surface area contributed by atoms with Crippen molar-refractivity contribution in [2.24, 2.45) is 0 Å². The molecule has 0 aliphatic carbocycles. The summed E-state index contributed by atoms with van der Waals surface area (Å²) in [5, 5.41) is 4.49. The quantitative estimate of drug-likeness (QED) is 0.790. The van der Waals surface area contributed by atoms with Crippen LogP contribution in [0.2, 0.25) is 0 Å². The molecule has 3 aromatic rings. The van der Waals surface area contributed by atoms with Crippen LogP contribution in [0, 0.1) is 0 Å². The fourth-order valence-corrected chi connectivity index (χ4v) is 2.79. The van der Waals surface area contributed by atoms with Crippen molar-refractivity contribution in [3.05, 3.63) is 63.6 Å². The Bertz CT molecular complexity index is 793. The smallest absolute Gasteiger partial charge is 0.245 e. The van der Waals surface area contributed by atoms with Crippen molar-refractivity contribution < 1.29 is 0 Å². The Labute approximate surface area is 120 Å². The lowest BCUT2D eigenvalue weighted by atomic mass is 10.1. The number of anilines is 2. The van der Waals surface area contributed by atoms with Gasteiger partial charge in [-0.15, -0.1) is 0 Å². The van der Waals surface area contributed by atoms with Crippen LogP contribution in [0.4, 0.5) is 10.8 Å². The Morgan fingerprint density at radius 1 is 1.10 bits per heavy atom. The molecule has 0 unspecified atom stereocenters. The highest BCUT2D eigenvalue weighted by Crippen LogP contribution is 2.20. The number of aromatic nitrogens is 1. The Hall–Kier alpha value is -2.20. The lowest BCUT2D eigenvalue weighted by Crippen LogP contribution is -2.01. The lowest BCUT2D eigenvalue weighted by Gasteiger charge is -2.06. The van der Waals surface area contributed by atoms with E-state index in [0.717, 1.165) is 29.0 Å². The van der Waals surface area contributed by atoms with Crippen molar-refractivity contribution in [3.63, 3.8) is 0 Å². The van der Waals surface area contributed by atoms with Crippen molar-refractivity contribution in [2.75, 3.05) is 5.32 Å². The highest BCUT2D eigenvalue weighted by Gasteiger charge is 2.04. The predicted molar refractivity (Wildman–Crippen MR) is 85.0 cm³/mol. The van der Waals surface area contributed by atoms with Gasteiger partial charge in [-0.1, -0.05) is 42.5 Å². The van der Waals surface area contributed by atoms with Gasteiger partial charge in [0.15, 0.2) is 5.13 Å². The van der Waals surface area contributed by atoms with Crippen LogP contribution in [-0.2, 0) is 6.42 Å². The summed E-state index contributed by atoms with van der Waals surface area (Å²) in [5.41, 5.74) is 2.96. The molecule has 4 heteroatoms. The molecule has 0 atom stereocenters. The van der Waals surface area contributed by atoms with Crippen LogP contribution in [0.25, 0.3) is 10.9 Å². The van der Waals surface area contributed by atoms with Gasteiger partial charge >= 0.3 is 0 Å². The van der Waals surface area contributed by atoms with E-state index in [1.165, 1.54) is 5.56 Å². The van der Waals surface area contributed by atoms with Gasteiger partial charge in [0.05, 0.1) is 10.9 Å². The Morgan fingerprint density at radius 2 is 1.85 bits per heavy atom. The summed E-state index contributed by atoms with van der Waals surface area (Å²) in [6, 6.07) is 15.6. The first-order valence-corrected chi connectivity index (χ1v) is 7.34. The van der Waals surface area contributed by atoms with Crippen molar-refractivity contribution >= 4 is 33.1 Å². The second kappa shape index (κ2) is 5.43. The maximum absolute atomic E-state index is 12.0. The number of hydrogen-bond acceptors (Lipinski definition) is 4. The summed E-state index contributed by atoms with van der Waals surface area (Å²) in [5.74, 6) is 0. The van der Waals surface area contributed by atoms with Crippen molar-refractivity contribution in [3.8, 4) is 0 Å². The van der Waals surface area contributed by atoms with Crippen LogP contribution in [0.1, 0.15) is 12.5 Å². The molecular weight excluding hydrogens is 268 g/mol. The van der Waals surface area contributed by atoms with E-state index in [1.54, 1.807) is 6.07 Å². The zero-order valence-corrected chi connectivity index (χ0v) is 11.9. The Kier molecular flexibility index (Phi) is 3.48. The topological polar surface area (TPSA) is 42.0 Å². The summed E-state index contributed by atoms with van der Waals surface area (Å²) in [6.45, 7) is 2.12. The minimum absolute atomic E-state index is 0.0308. The van der Waals surface area contributed by atoms with Crippen molar-refractivity contribution in [2.45, 2.75) is 13.3 Å². The van der Waals surface area contributed by atoms with Crippen LogP contribution < -0.4 is 10.1 Å². The minimum Gasteiger partial charge on any atom is -0.331 e. The maximum atomic E-state index is 12.0. The van der Waals surface area contributed by atoms with Gasteiger partial charge in [0.1, 0.15) is 0 Å². The lowest BCUT2D eigenvalue weighted by molar-refractivity contribution is 1.14. The average Bonchev–Trinajstić information content (AvgIpc) is 2.48. The SMILES string of the molecule is CCc1ccc(Nc2nc3ccccc3c(=O)s2)cc1. The number of para-hydroxylation sites is 1. The van der Waals surface area contributed by atoms with E-state index in [1.807, 2.05) is 30.3 Å². The van der Waals surface area contributed by atoms with Gasteiger partial charge in [-0.3, -0.25) is 4.79 Å². The third-order valence-corrected chi connectivity index (χ3v) is 3.94. The third-order valence-electron chi connectivity index (χ3n) is 3.15. The molecule has 3 nitrogen and oxygen atoms in total. The normalized spacial score (nSPS) is 10.7. The second-order valence-electron chi connectivity index (χ2n) is 4.50. The number of nitrogens with one attached hydrogen (secondary N) is 1. The van der Waals surface area contributed by atoms with Gasteiger partial charge in [0.2, 0.25) is 4.74 Å². The largest absolute Gasteiger partial charge is 0.331 e. The average molecular weight is 282 g/mol. The molecule has 0 saturated heterocycles. The van der Waals surface area contributed by atoms with Crippen LogP contribution in [-0.4, -0.2) is 4.98 Å². The summed E-state index contributed by atoms with van der Waals surface area (Å²) < 4.78 is 0.0308. The van der Waals surface area contributed by atoms with Gasteiger partial charge in [0, 0.05) is 5.69 Å². The molecule has 100 valence electrons. The molecule has 0 fully saturated rings. The molecule has 1 aromatic heterocycles. The van der Waals surface area contributed by atoms with Crippen LogP contribution in [0.15, 0.2) is 53.3 Å². The summed E-state index contributed by atoms with van der Waals surface area (Å²) in [7, 11) is 0. The van der Waals surface area contributed by atoms with E-state index in [0.29, 0.717) is 10.5 Å². The Morgan fingerprint density at radius 3 is 2.60 bits per heavy atom. The first kappa shape index (κ1) is 12.8. The number of hydrogen-bond donors (Lipinski definition) is 1. The molecule has 1 N–H and O–H groups in total. The second-order valence-corrected chi connectivity index (χ2v) is 5.46. The maximum Gasteiger partial charge on any atom is 0.245 e. The van der Waals surface area contributed by atoms with Gasteiger partial charge < -0.3 is 5.32 Å². The van der Waals surface area contributed by atoms with Crippen LogP contribution in [0.3, 0.4) is 0 Å². The van der Waals surface area contributed by atoms with Crippen LogP contribution >= 0.6 is 11.3 Å². The van der Waals surface area contributed by atoms with Gasteiger partial charge in [-0.05, 0) is 36.2 Å². The summed E-state index contributed by atoms with van der Waals surface area (Å²) in [6.07, 6.45) is 1.02. The highest BCUT2D eigenvalue weighted by molar-refractivity contribution is 7.13. The highest BCUT2D eigenvalue weighted by atomic mass is 32.1. The summed E-state index contributed by atoms with van der Waals surface area (Å²) in [4.78, 5) is 16.5. The van der Waals surface area contributed by atoms with Crippen molar-refractivity contribution in [1.29, 1.82) is 0 Å². The molecule has 3 rings (SSSR count). The van der Waals surface area contributed by atoms with Gasteiger partial charge in [0.25, 0.3) is 0 Å². The first-order chi connectivity index (χ1) is 9.76. The zero-order chi connectivity index (χ0) is 13.9. The zero-order valence-electron chi connectivity index (χ0n) is 11.1. The standard InChI is InChI=1S/C16H14N2OS/c1-2-11-7-9-12(10-8-11)17-16-18-14-6-4-3-5-13(14)15(19)20-16/h3-10H,2H2,1H3,(H,17,18). The number of fused-ring (bicyclic) bond motifs is 1. The fraction of sp³-hybridized carbons (Fsp3) is 0.125. The number of aryl methyl sites for hydroxylation is 1. The number of benzene rings is 2. The van der Waals surface area contributed by atoms with E-state index in [-0.39, 0.29) is 4.74 Å². The van der Waals surface area contributed by atoms with E-state index in [2.05, 4.69) is 29.4 Å². The van der Waals surface area contributed by atoms with Gasteiger partial charge in [-0.25, -0.2) is 4.98 Å². The molecule has 0 aliphatic rings. The number of nitrogens with zero attached hydrogens (tertiary/aromatic N) is 1. The summed E-state index contributed by atoms with van der Waals surface area (Å²) >= 11 is 1.13. The van der Waals surface area contributed by atoms with Crippen LogP contribution in [0.5, 0.6) is 0 Å². The van der Waals surface area contributed by atoms with E-state index < -0.39 is 0 Å². The third kappa shape index (κ3) is 2.56. The van der Waals surface area contributed by atoms with E-state index in [4.69, 9.17) is 0 Å². The molecule has 0 amide bonds. The predicted octanol–water partition coefficient (Wildman–Crippen LogP) is 3.96. The Balaban J connectivity index is 1.96. The number of rotatable bonds is 3. The molecule has 0 bridgehead atoms. The van der Waals surface area contributed by atoms with Crippen molar-refractivity contribution in [1.82, 2.24) is 4.98 Å². The monoisotopic (exact) mass is 282 g/mol. The molecule has 0 aliphatic heterocycles.